The van der Waals surface area contributed by atoms with Crippen LogP contribution in [0.1, 0.15) is 429 Å². The van der Waals surface area contributed by atoms with Gasteiger partial charge in [0.2, 0.25) is 0 Å². The van der Waals surface area contributed by atoms with Gasteiger partial charge in [-0.25, -0.2) is 0 Å². The van der Waals surface area contributed by atoms with Gasteiger partial charge in [-0.05, 0) is 310 Å². The van der Waals surface area contributed by atoms with E-state index in [0.29, 0.717) is 16.6 Å². The topological polar surface area (TPSA) is 9.72 Å². The fourth-order valence-electron chi connectivity index (χ4n) is 26.5. The van der Waals surface area contributed by atoms with Crippen LogP contribution >= 0.6 is 0 Å². The lowest BCUT2D eigenvalue weighted by atomic mass is 9.68. The van der Waals surface area contributed by atoms with Crippen molar-refractivity contribution in [3.8, 4) is 0 Å². The summed E-state index contributed by atoms with van der Waals surface area (Å²) < 4.78 is 9.27. The zero-order chi connectivity index (χ0) is 83.6. The third kappa shape index (κ3) is 18.4. The number of nitrogens with zero attached hydrogens (tertiary/aromatic N) is 3. The van der Waals surface area contributed by atoms with Crippen LogP contribution in [-0.2, 0) is 32.5 Å². The summed E-state index contributed by atoms with van der Waals surface area (Å²) in [4.78, 5) is 0. The van der Waals surface area contributed by atoms with E-state index in [9.17, 15) is 0 Å². The Morgan fingerprint density at radius 2 is 0.655 bits per heavy atom. The van der Waals surface area contributed by atoms with E-state index in [-0.39, 0.29) is 61.5 Å². The molecule has 15 rings (SSSR count). The van der Waals surface area contributed by atoms with Crippen molar-refractivity contribution in [3.63, 3.8) is 0 Å². The van der Waals surface area contributed by atoms with Crippen molar-refractivity contribution in [1.82, 2.24) is 13.7 Å². The van der Waals surface area contributed by atoms with Crippen molar-refractivity contribution < 1.29 is 0 Å². The molecule has 642 valence electrons. The summed E-state index contributed by atoms with van der Waals surface area (Å²) in [5.74, 6) is 6.20. The lowest BCUT2D eigenvalue weighted by Crippen LogP contribution is -2.52. The normalized spacial score (nSPS) is 28.5. The van der Waals surface area contributed by atoms with Crippen LogP contribution in [-0.4, -0.2) is 77.5 Å². The van der Waals surface area contributed by atoms with Gasteiger partial charge in [0.25, 0.3) is 0 Å². The minimum atomic E-state index is -0.387. The Kier molecular flexibility index (Phi) is 27.8. The van der Waals surface area contributed by atoms with E-state index in [0.717, 1.165) is 82.1 Å². The van der Waals surface area contributed by atoms with Crippen molar-refractivity contribution in [3.05, 3.63) is 158 Å². The highest BCUT2D eigenvalue weighted by Crippen LogP contribution is 2.65. The first-order chi connectivity index (χ1) is 54.7. The largest absolute Gasteiger partial charge is 0.322 e. The molecule has 12 aliphatic carbocycles. The Balaban J connectivity index is 0.000000152. The molecular weight excluding hydrogens is 1450 g/mol. The quantitative estimate of drug-likeness (QED) is 0.0985. The maximum absolute atomic E-state index is 3.11. The van der Waals surface area contributed by atoms with Crippen LogP contribution in [0.15, 0.2) is 108 Å². The second kappa shape index (κ2) is 35.7. The van der Waals surface area contributed by atoms with Crippen LogP contribution in [0.2, 0.25) is 16.6 Å². The predicted octanol–water partition coefficient (Wildman–Crippen LogP) is 29.0. The molecule has 0 heterocycles. The summed E-state index contributed by atoms with van der Waals surface area (Å²) in [5, 5.41) is 0. The van der Waals surface area contributed by atoms with Crippen molar-refractivity contribution in [2.45, 2.75) is 463 Å². The maximum Gasteiger partial charge on any atom is 0.0999 e. The molecule has 6 saturated carbocycles. The Bertz CT molecular complexity index is 4050. The molecule has 0 aromatic heterocycles. The van der Waals surface area contributed by atoms with Crippen LogP contribution in [0.4, 0.5) is 0 Å². The molecule has 6 fully saturated rings. The zero-order valence-electron chi connectivity index (χ0n) is 80.1. The highest BCUT2D eigenvalue weighted by Gasteiger charge is 2.55. The molecule has 0 bridgehead atoms. The van der Waals surface area contributed by atoms with Crippen LogP contribution in [0.25, 0.3) is 16.7 Å². The van der Waals surface area contributed by atoms with E-state index in [2.05, 4.69) is 285 Å². The van der Waals surface area contributed by atoms with Gasteiger partial charge >= 0.3 is 0 Å². The van der Waals surface area contributed by atoms with E-state index >= 15 is 0 Å². The summed E-state index contributed by atoms with van der Waals surface area (Å²) in [6.45, 7) is 63.7. The van der Waals surface area contributed by atoms with Gasteiger partial charge < -0.3 is 13.7 Å². The lowest BCUT2D eigenvalue weighted by Gasteiger charge is -2.46. The van der Waals surface area contributed by atoms with Gasteiger partial charge in [0.1, 0.15) is 0 Å². The SMILES string of the molecule is CC1CC2C=C3C(=CC2C1[SiH2]N(C1CCCCC1)C(C)(C)C)C(C)(C)c1cc(C(C)(C)C)ccc13.CCCCC1(CCCC)C2=CC3C(C=C2c2ccc(C(C)(C)C)cc21)CC(C)C3[SiH2]N(C1CCCCC1)C(C)(C)C.CCCCC1(CCCC)C2=CC3C(C=C2c2ccc(C(C)(C)C)cc21)CCC3[SiH2]N(C1CCCCC1)C(C)(C)C. The van der Waals surface area contributed by atoms with Crippen molar-refractivity contribution in [2.24, 2.45) is 47.3 Å². The molecule has 3 aromatic rings. The van der Waals surface area contributed by atoms with E-state index in [1.54, 1.807) is 61.3 Å². The highest BCUT2D eigenvalue weighted by molar-refractivity contribution is 6.36. The van der Waals surface area contributed by atoms with E-state index in [4.69, 9.17) is 0 Å². The van der Waals surface area contributed by atoms with Crippen molar-refractivity contribution >= 4 is 45.8 Å². The van der Waals surface area contributed by atoms with Gasteiger partial charge in [0.15, 0.2) is 0 Å². The zero-order valence-corrected chi connectivity index (χ0v) is 84.4. The van der Waals surface area contributed by atoms with E-state index in [1.807, 2.05) is 0 Å². The van der Waals surface area contributed by atoms with Crippen LogP contribution in [0.5, 0.6) is 0 Å². The van der Waals surface area contributed by atoms with Gasteiger partial charge in [-0.2, -0.15) is 0 Å². The molecule has 116 heavy (non-hydrogen) atoms. The molecule has 3 nitrogen and oxygen atoms in total. The number of hydrogen-bond acceptors (Lipinski definition) is 3. The molecule has 0 saturated heterocycles. The summed E-state index contributed by atoms with van der Waals surface area (Å²) >= 11 is 0. The molecule has 0 spiro atoms. The lowest BCUT2D eigenvalue weighted by molar-refractivity contribution is 0.151. The molecule has 0 amide bonds. The Labute approximate surface area is 722 Å². The van der Waals surface area contributed by atoms with Crippen molar-refractivity contribution in [1.29, 1.82) is 0 Å². The number of fused-ring (bicyclic) bond motifs is 12. The minimum Gasteiger partial charge on any atom is -0.322 e. The van der Waals surface area contributed by atoms with Gasteiger partial charge in [-0.15, -0.1) is 0 Å². The standard InChI is InChI=1S/C39H63NSi.C38H61NSi.C33H51NSi/c1-10-12-21-39(22-13-11-2)34-25-29(37(4,5)6)19-20-31(34)33-24-28-23-27(3)36(32(28)26-35(33)39)41-40(38(7,8)9)30-17-15-14-16-18-30;1-9-11-22-38(23-12-10-2)33-25-28(36(3,4)5)19-20-30(33)32-24-27-18-21-35(31(27)26-34(32)38)40-39(37(6,7)8)29-16-14-13-15-17-29;1-21-17-22-18-27-25-16-15-23(31(2,3)4)19-28(25)33(8,9)29(27)20-26(22)30(21)35-34(32(5,6)7)24-13-11-10-12-14-24/h19-20,24-28,30,32,36H,10-18,21-23,41H2,1-9H3;19-20,24-27,29,31,35H,9-18,21-23,40H2,1-8H3;15-16,18-22,24,26,30H,10-14,17,35H2,1-9H3. The molecule has 0 N–H and O–H groups in total. The number of benzene rings is 3. The molecule has 11 unspecified atom stereocenters. The van der Waals surface area contributed by atoms with Gasteiger partial charge in [0.05, 0.1) is 29.0 Å². The van der Waals surface area contributed by atoms with Gasteiger partial charge in [0, 0.05) is 51.0 Å². The second-order valence-electron chi connectivity index (χ2n) is 47.9. The molecule has 0 radical (unpaired) electrons. The average Bonchev–Trinajstić information content (AvgIpc) is 1.56. The van der Waals surface area contributed by atoms with Gasteiger partial charge in [-0.1, -0.05) is 324 Å². The van der Waals surface area contributed by atoms with E-state index < -0.39 is 0 Å². The molecule has 0 aliphatic heterocycles. The third-order valence-corrected chi connectivity index (χ3v) is 43.9. The maximum atomic E-state index is 3.11. The molecular formula is C110H175N3Si3. The smallest absolute Gasteiger partial charge is 0.0999 e. The number of hydrogen-bond donors (Lipinski definition) is 0. The monoisotopic (exact) mass is 1620 g/mol. The Morgan fingerprint density at radius 3 is 1.00 bits per heavy atom. The average molecular weight is 1620 g/mol. The summed E-state index contributed by atoms with van der Waals surface area (Å²) in [5.41, 5.74) is 28.9. The highest BCUT2D eigenvalue weighted by atomic mass is 28.2. The Morgan fingerprint density at radius 1 is 0.345 bits per heavy atom. The first-order valence-corrected chi connectivity index (χ1v) is 54.1. The van der Waals surface area contributed by atoms with Crippen molar-refractivity contribution in [2.75, 3.05) is 0 Å². The third-order valence-electron chi connectivity index (χ3n) is 33.4. The molecule has 3 aromatic carbocycles. The number of unbranched alkanes of at least 4 members (excludes halogenated alkanes) is 4. The Hall–Kier alpha value is -3.37. The molecule has 12 aliphatic rings. The summed E-state index contributed by atoms with van der Waals surface area (Å²) in [6.07, 6.45) is 60.1. The fraction of sp³-hybridized carbons (Fsp3) is 0.727. The first-order valence-electron chi connectivity index (χ1n) is 49.8. The van der Waals surface area contributed by atoms with E-state index in [1.165, 1.54) is 221 Å². The second-order valence-corrected chi connectivity index (χ2v) is 54.0. The predicted molar refractivity (Wildman–Crippen MR) is 518 cm³/mol. The van der Waals surface area contributed by atoms with Crippen LogP contribution < -0.4 is 0 Å². The number of rotatable bonds is 21. The van der Waals surface area contributed by atoms with Gasteiger partial charge in [-0.3, -0.25) is 0 Å². The minimum absolute atomic E-state index is 0.110. The first kappa shape index (κ1) is 90.4. The molecule has 6 heteroatoms. The summed E-state index contributed by atoms with van der Waals surface area (Å²) in [6, 6.07) is 25.2. The summed E-state index contributed by atoms with van der Waals surface area (Å²) in [7, 11) is -1.08. The molecule has 11 atom stereocenters. The number of allylic oxidation sites excluding steroid dienone is 12. The van der Waals surface area contributed by atoms with Crippen LogP contribution in [0, 0.1) is 47.3 Å². The van der Waals surface area contributed by atoms with Crippen LogP contribution in [0.3, 0.4) is 0 Å². The fourth-order valence-corrected chi connectivity index (χ4v) is 35.3.